The lowest BCUT2D eigenvalue weighted by molar-refractivity contribution is -0.0505. The third-order valence-corrected chi connectivity index (χ3v) is 3.72. The Morgan fingerprint density at radius 1 is 1.20 bits per heavy atom. The molecule has 0 radical (unpaired) electrons. The third kappa shape index (κ3) is 4.42. The molecule has 1 fully saturated rings. The van der Waals surface area contributed by atoms with Crippen LogP contribution < -0.4 is 10.1 Å². The fourth-order valence-corrected chi connectivity index (χ4v) is 2.63. The number of aliphatic hydroxyl groups excluding tert-OH is 1. The van der Waals surface area contributed by atoms with Crippen LogP contribution >= 0.6 is 0 Å². The summed E-state index contributed by atoms with van der Waals surface area (Å²) < 4.78 is 29.2. The first kappa shape index (κ1) is 15.2. The Hall–Kier alpha value is -1.20. The minimum absolute atomic E-state index is 0.0251. The molecule has 2 unspecified atom stereocenters. The van der Waals surface area contributed by atoms with Crippen LogP contribution in [-0.2, 0) is 6.54 Å². The summed E-state index contributed by atoms with van der Waals surface area (Å²) in [6.45, 7) is -2.40. The number of nitrogens with one attached hydrogen (secondary N) is 1. The van der Waals surface area contributed by atoms with Crippen LogP contribution in [-0.4, -0.2) is 23.9 Å². The van der Waals surface area contributed by atoms with Gasteiger partial charge in [0, 0.05) is 18.2 Å². The SMILES string of the molecule is OC1CCCCCC1NCc1ccccc1OC(F)F. The van der Waals surface area contributed by atoms with Gasteiger partial charge in [0.2, 0.25) is 0 Å². The number of halogens is 2. The molecule has 5 heteroatoms. The van der Waals surface area contributed by atoms with E-state index < -0.39 is 6.61 Å². The van der Waals surface area contributed by atoms with E-state index in [0.29, 0.717) is 12.1 Å². The molecule has 1 aliphatic carbocycles. The van der Waals surface area contributed by atoms with Crippen LogP contribution in [0.2, 0.25) is 0 Å². The van der Waals surface area contributed by atoms with Crippen molar-refractivity contribution in [2.45, 2.75) is 57.4 Å². The summed E-state index contributed by atoms with van der Waals surface area (Å²) in [5.41, 5.74) is 0.684. The molecule has 0 aromatic heterocycles. The van der Waals surface area contributed by atoms with Crippen molar-refractivity contribution in [1.29, 1.82) is 0 Å². The molecule has 0 spiro atoms. The quantitative estimate of drug-likeness (QED) is 0.817. The molecule has 20 heavy (non-hydrogen) atoms. The third-order valence-electron chi connectivity index (χ3n) is 3.72. The first-order chi connectivity index (χ1) is 9.66. The molecule has 1 saturated carbocycles. The number of rotatable bonds is 5. The molecule has 1 aromatic carbocycles. The second kappa shape index (κ2) is 7.55. The lowest BCUT2D eigenvalue weighted by atomic mass is 10.1. The normalized spacial score (nSPS) is 23.6. The molecule has 0 amide bonds. The van der Waals surface area contributed by atoms with E-state index >= 15 is 0 Å². The predicted octanol–water partition coefficient (Wildman–Crippen LogP) is 3.07. The number of ether oxygens (including phenoxy) is 1. The minimum Gasteiger partial charge on any atom is -0.434 e. The smallest absolute Gasteiger partial charge is 0.387 e. The maximum Gasteiger partial charge on any atom is 0.387 e. The van der Waals surface area contributed by atoms with Gasteiger partial charge in [-0.3, -0.25) is 0 Å². The van der Waals surface area contributed by atoms with E-state index in [-0.39, 0.29) is 17.9 Å². The molecule has 0 bridgehead atoms. The van der Waals surface area contributed by atoms with Crippen LogP contribution in [0.1, 0.15) is 37.7 Å². The van der Waals surface area contributed by atoms with Crippen molar-refractivity contribution in [2.75, 3.05) is 0 Å². The molecule has 0 aliphatic heterocycles. The summed E-state index contributed by atoms with van der Waals surface area (Å²) in [4.78, 5) is 0. The number of aliphatic hydroxyl groups is 1. The average Bonchev–Trinajstić information content (AvgIpc) is 2.62. The maximum absolute atomic E-state index is 12.3. The fraction of sp³-hybridized carbons (Fsp3) is 0.600. The Balaban J connectivity index is 1.95. The summed E-state index contributed by atoms with van der Waals surface area (Å²) in [5, 5.41) is 13.3. The van der Waals surface area contributed by atoms with Crippen molar-refractivity contribution < 1.29 is 18.6 Å². The molecule has 0 heterocycles. The van der Waals surface area contributed by atoms with Gasteiger partial charge in [0.25, 0.3) is 0 Å². The average molecular weight is 285 g/mol. The van der Waals surface area contributed by atoms with Gasteiger partial charge in [0.05, 0.1) is 6.10 Å². The first-order valence-corrected chi connectivity index (χ1v) is 7.11. The highest BCUT2D eigenvalue weighted by Gasteiger charge is 2.21. The molecule has 1 aliphatic rings. The van der Waals surface area contributed by atoms with Gasteiger partial charge in [0.15, 0.2) is 0 Å². The zero-order chi connectivity index (χ0) is 14.4. The molecule has 2 atom stereocenters. The van der Waals surface area contributed by atoms with Gasteiger partial charge in [0.1, 0.15) is 5.75 Å². The highest BCUT2D eigenvalue weighted by Crippen LogP contribution is 2.22. The van der Waals surface area contributed by atoms with E-state index in [9.17, 15) is 13.9 Å². The van der Waals surface area contributed by atoms with E-state index in [2.05, 4.69) is 10.1 Å². The van der Waals surface area contributed by atoms with Crippen LogP contribution in [0.3, 0.4) is 0 Å². The molecule has 3 nitrogen and oxygen atoms in total. The van der Waals surface area contributed by atoms with Gasteiger partial charge < -0.3 is 15.2 Å². The van der Waals surface area contributed by atoms with E-state index in [4.69, 9.17) is 0 Å². The zero-order valence-corrected chi connectivity index (χ0v) is 11.4. The molecule has 0 saturated heterocycles. The van der Waals surface area contributed by atoms with E-state index in [1.54, 1.807) is 18.2 Å². The monoisotopic (exact) mass is 285 g/mol. The van der Waals surface area contributed by atoms with Crippen molar-refractivity contribution in [1.82, 2.24) is 5.32 Å². The van der Waals surface area contributed by atoms with E-state index in [1.807, 2.05) is 0 Å². The van der Waals surface area contributed by atoms with Crippen molar-refractivity contribution in [3.05, 3.63) is 29.8 Å². The summed E-state index contributed by atoms with van der Waals surface area (Å²) in [6, 6.07) is 6.78. The Morgan fingerprint density at radius 3 is 2.75 bits per heavy atom. The summed E-state index contributed by atoms with van der Waals surface area (Å²) in [5.74, 6) is 0.193. The fourth-order valence-electron chi connectivity index (χ4n) is 2.63. The second-order valence-corrected chi connectivity index (χ2v) is 5.18. The molecule has 2 rings (SSSR count). The van der Waals surface area contributed by atoms with Gasteiger partial charge >= 0.3 is 6.61 Å². The predicted molar refractivity (Wildman–Crippen MR) is 72.8 cm³/mol. The van der Waals surface area contributed by atoms with Crippen LogP contribution in [0.5, 0.6) is 5.75 Å². The molecule has 2 N–H and O–H groups in total. The van der Waals surface area contributed by atoms with E-state index in [1.165, 1.54) is 6.07 Å². The molecule has 1 aromatic rings. The van der Waals surface area contributed by atoms with Gasteiger partial charge in [-0.25, -0.2) is 0 Å². The number of alkyl halides is 2. The second-order valence-electron chi connectivity index (χ2n) is 5.18. The largest absolute Gasteiger partial charge is 0.434 e. The number of para-hydroxylation sites is 1. The Kier molecular flexibility index (Phi) is 5.73. The molecular formula is C15H21F2NO2. The van der Waals surface area contributed by atoms with Crippen molar-refractivity contribution in [2.24, 2.45) is 0 Å². The number of hydrogen-bond donors (Lipinski definition) is 2. The Labute approximate surface area is 117 Å². The molecular weight excluding hydrogens is 264 g/mol. The lowest BCUT2D eigenvalue weighted by Gasteiger charge is -2.22. The summed E-state index contributed by atoms with van der Waals surface area (Å²) >= 11 is 0. The van der Waals surface area contributed by atoms with E-state index in [0.717, 1.165) is 32.1 Å². The van der Waals surface area contributed by atoms with Crippen LogP contribution in [0.4, 0.5) is 8.78 Å². The topological polar surface area (TPSA) is 41.5 Å². The summed E-state index contributed by atoms with van der Waals surface area (Å²) in [7, 11) is 0. The highest BCUT2D eigenvalue weighted by molar-refractivity contribution is 5.33. The number of benzene rings is 1. The maximum atomic E-state index is 12.3. The number of hydrogen-bond acceptors (Lipinski definition) is 3. The lowest BCUT2D eigenvalue weighted by Crippen LogP contribution is -2.38. The molecule has 112 valence electrons. The minimum atomic E-state index is -2.82. The van der Waals surface area contributed by atoms with Crippen molar-refractivity contribution >= 4 is 0 Å². The first-order valence-electron chi connectivity index (χ1n) is 7.11. The standard InChI is InChI=1S/C15H21F2NO2/c16-15(17)20-14-9-5-4-6-11(14)10-18-12-7-2-1-3-8-13(12)19/h4-6,9,12-13,15,18-19H,1-3,7-8,10H2. The van der Waals surface area contributed by atoms with Gasteiger partial charge in [-0.2, -0.15) is 8.78 Å². The van der Waals surface area contributed by atoms with Gasteiger partial charge in [-0.15, -0.1) is 0 Å². The van der Waals surface area contributed by atoms with Crippen LogP contribution in [0.25, 0.3) is 0 Å². The van der Waals surface area contributed by atoms with Gasteiger partial charge in [-0.05, 0) is 18.9 Å². The zero-order valence-electron chi connectivity index (χ0n) is 11.4. The summed E-state index contributed by atoms with van der Waals surface area (Å²) in [6.07, 6.45) is 4.63. The van der Waals surface area contributed by atoms with Crippen molar-refractivity contribution in [3.8, 4) is 5.75 Å². The Bertz CT molecular complexity index is 415. The Morgan fingerprint density at radius 2 is 1.95 bits per heavy atom. The van der Waals surface area contributed by atoms with Crippen LogP contribution in [0, 0.1) is 0 Å². The van der Waals surface area contributed by atoms with Crippen molar-refractivity contribution in [3.63, 3.8) is 0 Å². The van der Waals surface area contributed by atoms with Crippen LogP contribution in [0.15, 0.2) is 24.3 Å². The highest BCUT2D eigenvalue weighted by atomic mass is 19.3. The van der Waals surface area contributed by atoms with Gasteiger partial charge in [-0.1, -0.05) is 37.5 Å².